The van der Waals surface area contributed by atoms with E-state index in [2.05, 4.69) is 10.1 Å². The number of ether oxygens (including phenoxy) is 1. The van der Waals surface area contributed by atoms with Crippen LogP contribution in [0.5, 0.6) is 0 Å². The second-order valence-electron chi connectivity index (χ2n) is 3.21. The van der Waals surface area contributed by atoms with Gasteiger partial charge in [0.1, 0.15) is 6.29 Å². The maximum atomic E-state index is 10.7. The SMILES string of the molecule is CC.CC=O.COC(=O)NC1CCCCC1. The highest BCUT2D eigenvalue weighted by molar-refractivity contribution is 5.67. The normalized spacial score (nSPS) is 14.5. The van der Waals surface area contributed by atoms with E-state index in [-0.39, 0.29) is 6.09 Å². The van der Waals surface area contributed by atoms with Crippen LogP contribution in [0.1, 0.15) is 52.9 Å². The van der Waals surface area contributed by atoms with Crippen LogP contribution in [0, 0.1) is 0 Å². The summed E-state index contributed by atoms with van der Waals surface area (Å²) in [5.41, 5.74) is 0. The van der Waals surface area contributed by atoms with Gasteiger partial charge in [0.25, 0.3) is 0 Å². The number of hydrogen-bond donors (Lipinski definition) is 1. The van der Waals surface area contributed by atoms with Crippen molar-refractivity contribution in [1.82, 2.24) is 5.32 Å². The number of alkyl carbamates (subject to hydrolysis) is 1. The summed E-state index contributed by atoms with van der Waals surface area (Å²) in [5.74, 6) is 0. The summed E-state index contributed by atoms with van der Waals surface area (Å²) in [6.45, 7) is 5.44. The molecule has 0 heterocycles. The molecule has 1 amide bonds. The van der Waals surface area contributed by atoms with Gasteiger partial charge >= 0.3 is 6.09 Å². The van der Waals surface area contributed by atoms with E-state index in [1.807, 2.05) is 13.8 Å². The predicted octanol–water partition coefficient (Wildman–Crippen LogP) is 2.91. The number of amides is 1. The molecule has 0 aliphatic heterocycles. The first kappa shape index (κ1) is 17.3. The second kappa shape index (κ2) is 13.9. The maximum Gasteiger partial charge on any atom is 0.407 e. The molecule has 1 saturated carbocycles. The number of nitrogens with one attached hydrogen (secondary N) is 1. The fourth-order valence-electron chi connectivity index (χ4n) is 1.47. The highest BCUT2D eigenvalue weighted by Crippen LogP contribution is 2.17. The first-order chi connectivity index (χ1) is 7.74. The zero-order chi connectivity index (χ0) is 12.8. The molecule has 0 atom stereocenters. The third kappa shape index (κ3) is 11.0. The molecule has 4 heteroatoms. The lowest BCUT2D eigenvalue weighted by molar-refractivity contribution is -0.106. The fraction of sp³-hybridized carbons (Fsp3) is 0.833. The van der Waals surface area contributed by atoms with Crippen molar-refractivity contribution in [2.24, 2.45) is 0 Å². The molecular weight excluding hydrogens is 206 g/mol. The van der Waals surface area contributed by atoms with Crippen molar-refractivity contribution in [2.75, 3.05) is 7.11 Å². The van der Waals surface area contributed by atoms with Crippen molar-refractivity contribution < 1.29 is 14.3 Å². The van der Waals surface area contributed by atoms with Crippen LogP contribution < -0.4 is 5.32 Å². The third-order valence-electron chi connectivity index (χ3n) is 2.11. The van der Waals surface area contributed by atoms with Crippen molar-refractivity contribution >= 4 is 12.4 Å². The molecular formula is C12H25NO3. The Morgan fingerprint density at radius 1 is 1.25 bits per heavy atom. The molecule has 0 aromatic carbocycles. The summed E-state index contributed by atoms with van der Waals surface area (Å²) in [7, 11) is 1.40. The Kier molecular flexibility index (Phi) is 15.1. The zero-order valence-corrected chi connectivity index (χ0v) is 10.9. The molecule has 4 nitrogen and oxygen atoms in total. The van der Waals surface area contributed by atoms with Gasteiger partial charge in [-0.25, -0.2) is 4.79 Å². The molecule has 1 N–H and O–H groups in total. The Morgan fingerprint density at radius 2 is 1.69 bits per heavy atom. The number of methoxy groups -OCH3 is 1. The van der Waals surface area contributed by atoms with E-state index < -0.39 is 0 Å². The predicted molar refractivity (Wildman–Crippen MR) is 65.5 cm³/mol. The van der Waals surface area contributed by atoms with Gasteiger partial charge in [-0.2, -0.15) is 0 Å². The van der Waals surface area contributed by atoms with E-state index in [9.17, 15) is 4.79 Å². The topological polar surface area (TPSA) is 55.4 Å². The molecule has 0 bridgehead atoms. The van der Waals surface area contributed by atoms with Crippen LogP contribution in [-0.2, 0) is 9.53 Å². The van der Waals surface area contributed by atoms with Crippen molar-refractivity contribution in [3.8, 4) is 0 Å². The summed E-state index contributed by atoms with van der Waals surface area (Å²) in [5, 5.41) is 2.81. The monoisotopic (exact) mass is 231 g/mol. The van der Waals surface area contributed by atoms with Crippen LogP contribution in [0.4, 0.5) is 4.79 Å². The minimum Gasteiger partial charge on any atom is -0.453 e. The highest BCUT2D eigenvalue weighted by atomic mass is 16.5. The minimum atomic E-state index is -0.295. The van der Waals surface area contributed by atoms with Gasteiger partial charge in [0.2, 0.25) is 0 Å². The van der Waals surface area contributed by atoms with Gasteiger partial charge in [0.05, 0.1) is 7.11 Å². The second-order valence-corrected chi connectivity index (χ2v) is 3.21. The van der Waals surface area contributed by atoms with Crippen molar-refractivity contribution in [2.45, 2.75) is 58.9 Å². The van der Waals surface area contributed by atoms with Crippen LogP contribution in [0.15, 0.2) is 0 Å². The first-order valence-corrected chi connectivity index (χ1v) is 5.98. The standard InChI is InChI=1S/C8H15NO2.C2H4O.C2H6/c1-11-8(10)9-7-5-3-2-4-6-7;1-2-3;1-2/h7H,2-6H2,1H3,(H,9,10);2H,1H3;1-2H3. The molecule has 1 aliphatic carbocycles. The molecule has 1 fully saturated rings. The Morgan fingerprint density at radius 3 is 2.06 bits per heavy atom. The van der Waals surface area contributed by atoms with Crippen LogP contribution in [-0.4, -0.2) is 25.5 Å². The van der Waals surface area contributed by atoms with Gasteiger partial charge in [-0.15, -0.1) is 0 Å². The molecule has 1 rings (SSSR count). The third-order valence-corrected chi connectivity index (χ3v) is 2.11. The molecule has 16 heavy (non-hydrogen) atoms. The zero-order valence-electron chi connectivity index (χ0n) is 10.9. The number of hydrogen-bond acceptors (Lipinski definition) is 3. The molecule has 0 aromatic heterocycles. The molecule has 1 aliphatic rings. The van der Waals surface area contributed by atoms with E-state index in [1.54, 1.807) is 0 Å². The summed E-state index contributed by atoms with van der Waals surface area (Å²) in [4.78, 5) is 19.6. The van der Waals surface area contributed by atoms with Crippen molar-refractivity contribution in [1.29, 1.82) is 0 Å². The maximum absolute atomic E-state index is 10.7. The molecule has 0 radical (unpaired) electrons. The van der Waals surface area contributed by atoms with E-state index in [4.69, 9.17) is 4.79 Å². The van der Waals surface area contributed by atoms with Gasteiger partial charge < -0.3 is 14.8 Å². The quantitative estimate of drug-likeness (QED) is 0.706. The smallest absolute Gasteiger partial charge is 0.407 e. The summed E-state index contributed by atoms with van der Waals surface area (Å²) < 4.78 is 4.50. The largest absolute Gasteiger partial charge is 0.453 e. The van der Waals surface area contributed by atoms with Crippen molar-refractivity contribution in [3.05, 3.63) is 0 Å². The van der Waals surface area contributed by atoms with Crippen molar-refractivity contribution in [3.63, 3.8) is 0 Å². The molecule has 0 aromatic rings. The van der Waals surface area contributed by atoms with Gasteiger partial charge in [-0.1, -0.05) is 33.1 Å². The van der Waals surface area contributed by atoms with Gasteiger partial charge in [-0.05, 0) is 19.8 Å². The Hall–Kier alpha value is -1.06. The van der Waals surface area contributed by atoms with Gasteiger partial charge in [0, 0.05) is 6.04 Å². The van der Waals surface area contributed by atoms with Crippen LogP contribution in [0.3, 0.4) is 0 Å². The summed E-state index contributed by atoms with van der Waals surface area (Å²) >= 11 is 0. The average molecular weight is 231 g/mol. The molecule has 0 unspecified atom stereocenters. The minimum absolute atomic E-state index is 0.295. The number of aldehydes is 1. The lowest BCUT2D eigenvalue weighted by Gasteiger charge is -2.21. The summed E-state index contributed by atoms with van der Waals surface area (Å²) in [6.07, 6.45) is 6.43. The summed E-state index contributed by atoms with van der Waals surface area (Å²) in [6, 6.07) is 0.358. The molecule has 0 spiro atoms. The molecule has 0 saturated heterocycles. The lowest BCUT2D eigenvalue weighted by atomic mass is 9.96. The number of rotatable bonds is 1. The van der Waals surface area contributed by atoms with E-state index >= 15 is 0 Å². The van der Waals surface area contributed by atoms with E-state index in [0.717, 1.165) is 19.1 Å². The number of carbonyl (C=O) groups excluding carboxylic acids is 2. The van der Waals surface area contributed by atoms with E-state index in [0.29, 0.717) is 6.04 Å². The van der Waals surface area contributed by atoms with Crippen LogP contribution in [0.25, 0.3) is 0 Å². The van der Waals surface area contributed by atoms with Crippen LogP contribution in [0.2, 0.25) is 0 Å². The highest BCUT2D eigenvalue weighted by Gasteiger charge is 2.14. The Balaban J connectivity index is 0. The van der Waals surface area contributed by atoms with Gasteiger partial charge in [-0.3, -0.25) is 0 Å². The molecule has 96 valence electrons. The number of carbonyl (C=O) groups is 2. The van der Waals surface area contributed by atoms with Crippen LogP contribution >= 0.6 is 0 Å². The average Bonchev–Trinajstić information content (AvgIpc) is 2.34. The van der Waals surface area contributed by atoms with Gasteiger partial charge in [0.15, 0.2) is 0 Å². The fourth-order valence-corrected chi connectivity index (χ4v) is 1.47. The first-order valence-electron chi connectivity index (χ1n) is 5.98. The Labute approximate surface area is 98.7 Å². The van der Waals surface area contributed by atoms with E-state index in [1.165, 1.54) is 33.3 Å². The Bertz CT molecular complexity index is 166. The lowest BCUT2D eigenvalue weighted by Crippen LogP contribution is -2.35.